The maximum atomic E-state index is 11.6. The van der Waals surface area contributed by atoms with Crippen LogP contribution in [0.25, 0.3) is 0 Å². The number of nitrogens with zero attached hydrogens (tertiary/aromatic N) is 2. The first-order valence-electron chi connectivity index (χ1n) is 6.83. The third-order valence-corrected chi connectivity index (χ3v) is 4.05. The van der Waals surface area contributed by atoms with Gasteiger partial charge in [0.15, 0.2) is 5.78 Å². The predicted molar refractivity (Wildman–Crippen MR) is 72.0 cm³/mol. The first-order chi connectivity index (χ1) is 9.26. The van der Waals surface area contributed by atoms with Crippen LogP contribution in [-0.2, 0) is 17.8 Å². The molecule has 0 saturated carbocycles. The Bertz CT molecular complexity index is 505. The standard InChI is InChI=1S/C15H18N2O2/c18-11-17-7-5-16(6-8-17)10-12-1-3-14-13(9-12)2-4-15(14)19/h1,3,9,11H,2,4-8,10H2. The lowest BCUT2D eigenvalue weighted by Gasteiger charge is -2.32. The van der Waals surface area contributed by atoms with Gasteiger partial charge in [-0.25, -0.2) is 0 Å². The number of fused-ring (bicyclic) bond motifs is 1. The zero-order valence-electron chi connectivity index (χ0n) is 11.0. The van der Waals surface area contributed by atoms with Gasteiger partial charge in [-0.15, -0.1) is 0 Å². The van der Waals surface area contributed by atoms with Gasteiger partial charge >= 0.3 is 0 Å². The van der Waals surface area contributed by atoms with E-state index in [1.165, 1.54) is 11.1 Å². The molecular weight excluding hydrogens is 240 g/mol. The summed E-state index contributed by atoms with van der Waals surface area (Å²) >= 11 is 0. The summed E-state index contributed by atoms with van der Waals surface area (Å²) in [6, 6.07) is 6.21. The molecule has 1 heterocycles. The summed E-state index contributed by atoms with van der Waals surface area (Å²) in [6.45, 7) is 4.39. The second-order valence-electron chi connectivity index (χ2n) is 5.33. The number of carbonyl (C=O) groups is 2. The third kappa shape index (κ3) is 2.54. The molecule has 0 aromatic heterocycles. The summed E-state index contributed by atoms with van der Waals surface area (Å²) in [5, 5.41) is 0. The molecule has 1 aliphatic heterocycles. The largest absolute Gasteiger partial charge is 0.343 e. The van der Waals surface area contributed by atoms with E-state index in [0.717, 1.165) is 51.1 Å². The van der Waals surface area contributed by atoms with Gasteiger partial charge in [-0.05, 0) is 17.5 Å². The van der Waals surface area contributed by atoms with Crippen LogP contribution in [0.3, 0.4) is 0 Å². The number of Topliss-reactive ketones (excluding diaryl/α,β-unsaturated/α-hetero) is 1. The van der Waals surface area contributed by atoms with Gasteiger partial charge in [0.1, 0.15) is 0 Å². The Morgan fingerprint density at radius 2 is 1.89 bits per heavy atom. The summed E-state index contributed by atoms with van der Waals surface area (Å²) in [7, 11) is 0. The molecule has 100 valence electrons. The van der Waals surface area contributed by atoms with Gasteiger partial charge in [-0.3, -0.25) is 14.5 Å². The number of ketones is 1. The highest BCUT2D eigenvalue weighted by molar-refractivity contribution is 6.00. The number of rotatable bonds is 3. The molecule has 19 heavy (non-hydrogen) atoms. The predicted octanol–water partition coefficient (Wildman–Crippen LogP) is 1.09. The number of hydrogen-bond donors (Lipinski definition) is 0. The summed E-state index contributed by atoms with van der Waals surface area (Å²) in [4.78, 5) is 26.4. The zero-order chi connectivity index (χ0) is 13.2. The first kappa shape index (κ1) is 12.4. The van der Waals surface area contributed by atoms with E-state index in [4.69, 9.17) is 0 Å². The van der Waals surface area contributed by atoms with E-state index in [1.807, 2.05) is 11.0 Å². The van der Waals surface area contributed by atoms with Crippen LogP contribution in [0.15, 0.2) is 18.2 Å². The van der Waals surface area contributed by atoms with Gasteiger partial charge in [-0.2, -0.15) is 0 Å². The van der Waals surface area contributed by atoms with Crippen molar-refractivity contribution in [2.75, 3.05) is 26.2 Å². The first-order valence-corrected chi connectivity index (χ1v) is 6.83. The lowest BCUT2D eigenvalue weighted by Crippen LogP contribution is -2.45. The van der Waals surface area contributed by atoms with Gasteiger partial charge < -0.3 is 4.90 Å². The van der Waals surface area contributed by atoms with Crippen molar-refractivity contribution >= 4 is 12.2 Å². The molecule has 0 unspecified atom stereocenters. The monoisotopic (exact) mass is 258 g/mol. The van der Waals surface area contributed by atoms with E-state index in [2.05, 4.69) is 17.0 Å². The second kappa shape index (κ2) is 5.13. The van der Waals surface area contributed by atoms with E-state index in [-0.39, 0.29) is 5.78 Å². The minimum atomic E-state index is 0.279. The van der Waals surface area contributed by atoms with Crippen LogP contribution < -0.4 is 0 Å². The Kier molecular flexibility index (Phi) is 3.34. The van der Waals surface area contributed by atoms with Crippen molar-refractivity contribution in [3.63, 3.8) is 0 Å². The van der Waals surface area contributed by atoms with Gasteiger partial charge in [0.05, 0.1) is 0 Å². The van der Waals surface area contributed by atoms with E-state index in [9.17, 15) is 9.59 Å². The van der Waals surface area contributed by atoms with Crippen LogP contribution in [0.1, 0.15) is 27.9 Å². The minimum Gasteiger partial charge on any atom is -0.343 e. The number of piperazine rings is 1. The SMILES string of the molecule is O=CN1CCN(Cc2ccc3c(c2)CCC3=O)CC1. The number of amides is 1. The minimum absolute atomic E-state index is 0.279. The Balaban J connectivity index is 1.65. The molecule has 0 atom stereocenters. The van der Waals surface area contributed by atoms with E-state index >= 15 is 0 Å². The number of aryl methyl sites for hydroxylation is 1. The molecule has 0 radical (unpaired) electrons. The molecule has 4 heteroatoms. The summed E-state index contributed by atoms with van der Waals surface area (Å²) in [6.07, 6.45) is 2.48. The molecule has 4 nitrogen and oxygen atoms in total. The van der Waals surface area contributed by atoms with Crippen LogP contribution in [-0.4, -0.2) is 48.2 Å². The number of benzene rings is 1. The van der Waals surface area contributed by atoms with Crippen molar-refractivity contribution in [3.05, 3.63) is 34.9 Å². The van der Waals surface area contributed by atoms with Crippen molar-refractivity contribution in [1.82, 2.24) is 9.80 Å². The Morgan fingerprint density at radius 1 is 1.11 bits per heavy atom. The Labute approximate surface area is 113 Å². The fourth-order valence-corrected chi connectivity index (χ4v) is 2.89. The molecule has 1 aromatic carbocycles. The van der Waals surface area contributed by atoms with Crippen LogP contribution in [0, 0.1) is 0 Å². The average molecular weight is 258 g/mol. The summed E-state index contributed by atoms with van der Waals surface area (Å²) < 4.78 is 0. The number of carbonyl (C=O) groups excluding carboxylic acids is 2. The highest BCUT2D eigenvalue weighted by Gasteiger charge is 2.20. The van der Waals surface area contributed by atoms with Gasteiger partial charge in [0.2, 0.25) is 6.41 Å². The lowest BCUT2D eigenvalue weighted by atomic mass is 10.1. The maximum Gasteiger partial charge on any atom is 0.209 e. The van der Waals surface area contributed by atoms with Crippen molar-refractivity contribution in [3.8, 4) is 0 Å². The molecule has 3 rings (SSSR count). The fourth-order valence-electron chi connectivity index (χ4n) is 2.89. The topological polar surface area (TPSA) is 40.6 Å². The maximum absolute atomic E-state index is 11.6. The second-order valence-corrected chi connectivity index (χ2v) is 5.33. The lowest BCUT2D eigenvalue weighted by molar-refractivity contribution is -0.119. The van der Waals surface area contributed by atoms with Crippen LogP contribution >= 0.6 is 0 Å². The molecule has 1 aliphatic carbocycles. The Hall–Kier alpha value is -1.68. The van der Waals surface area contributed by atoms with Crippen molar-refractivity contribution in [1.29, 1.82) is 0 Å². The van der Waals surface area contributed by atoms with Gasteiger partial charge in [0, 0.05) is 44.7 Å². The van der Waals surface area contributed by atoms with Crippen LogP contribution in [0.2, 0.25) is 0 Å². The molecule has 1 saturated heterocycles. The Morgan fingerprint density at radius 3 is 2.63 bits per heavy atom. The zero-order valence-corrected chi connectivity index (χ0v) is 11.0. The third-order valence-electron chi connectivity index (χ3n) is 4.05. The summed E-state index contributed by atoms with van der Waals surface area (Å²) in [5.41, 5.74) is 3.39. The van der Waals surface area contributed by atoms with Crippen LogP contribution in [0.4, 0.5) is 0 Å². The fraction of sp³-hybridized carbons (Fsp3) is 0.467. The normalized spacial score (nSPS) is 19.6. The molecule has 0 bridgehead atoms. The molecule has 1 fully saturated rings. The highest BCUT2D eigenvalue weighted by atomic mass is 16.1. The van der Waals surface area contributed by atoms with Crippen molar-refractivity contribution < 1.29 is 9.59 Å². The highest BCUT2D eigenvalue weighted by Crippen LogP contribution is 2.23. The van der Waals surface area contributed by atoms with Crippen molar-refractivity contribution in [2.45, 2.75) is 19.4 Å². The van der Waals surface area contributed by atoms with Crippen molar-refractivity contribution in [2.24, 2.45) is 0 Å². The summed E-state index contributed by atoms with van der Waals surface area (Å²) in [5.74, 6) is 0.279. The molecular formula is C15H18N2O2. The molecule has 2 aliphatic rings. The van der Waals surface area contributed by atoms with Crippen LogP contribution in [0.5, 0.6) is 0 Å². The van der Waals surface area contributed by atoms with E-state index in [0.29, 0.717) is 6.42 Å². The van der Waals surface area contributed by atoms with Gasteiger partial charge in [0.25, 0.3) is 0 Å². The smallest absolute Gasteiger partial charge is 0.209 e. The van der Waals surface area contributed by atoms with E-state index < -0.39 is 0 Å². The quantitative estimate of drug-likeness (QED) is 0.762. The average Bonchev–Trinajstić information content (AvgIpc) is 2.81. The number of hydrogen-bond acceptors (Lipinski definition) is 3. The van der Waals surface area contributed by atoms with Gasteiger partial charge in [-0.1, -0.05) is 18.2 Å². The molecule has 0 spiro atoms. The molecule has 1 amide bonds. The molecule has 0 N–H and O–H groups in total. The van der Waals surface area contributed by atoms with E-state index in [1.54, 1.807) is 0 Å². The molecule has 1 aromatic rings.